The maximum atomic E-state index is 5.83. The van der Waals surface area contributed by atoms with Gasteiger partial charge in [-0.15, -0.1) is 0 Å². The van der Waals surface area contributed by atoms with Crippen LogP contribution in [0, 0.1) is 0 Å². The summed E-state index contributed by atoms with van der Waals surface area (Å²) in [6.45, 7) is 5.62. The van der Waals surface area contributed by atoms with Crippen molar-refractivity contribution in [1.29, 1.82) is 0 Å². The number of ether oxygens (including phenoxy) is 1. The molecule has 2 heteroatoms. The van der Waals surface area contributed by atoms with Crippen LogP contribution in [0.4, 0.5) is 0 Å². The lowest BCUT2D eigenvalue weighted by atomic mass is 9.83. The van der Waals surface area contributed by atoms with Crippen LogP contribution in [-0.4, -0.2) is 24.3 Å². The average molecular weight is 211 g/mol. The molecule has 2 atom stereocenters. The fraction of sp³-hybridized carbons (Fsp3) is 1.00. The van der Waals surface area contributed by atoms with E-state index in [0.29, 0.717) is 17.7 Å². The summed E-state index contributed by atoms with van der Waals surface area (Å²) in [5.41, 5.74) is 0.396. The van der Waals surface area contributed by atoms with E-state index in [-0.39, 0.29) is 0 Å². The van der Waals surface area contributed by atoms with Crippen LogP contribution >= 0.6 is 0 Å². The van der Waals surface area contributed by atoms with E-state index in [1.807, 2.05) is 0 Å². The largest absolute Gasteiger partial charge is 0.374 e. The zero-order valence-corrected chi connectivity index (χ0v) is 10.2. The van der Waals surface area contributed by atoms with E-state index < -0.39 is 0 Å². The number of hydrogen-bond acceptors (Lipinski definition) is 2. The minimum atomic E-state index is 0.396. The van der Waals surface area contributed by atoms with Crippen molar-refractivity contribution in [1.82, 2.24) is 5.32 Å². The normalized spacial score (nSPS) is 35.6. The van der Waals surface area contributed by atoms with E-state index in [9.17, 15) is 0 Å². The Morgan fingerprint density at radius 3 is 2.53 bits per heavy atom. The molecule has 88 valence electrons. The van der Waals surface area contributed by atoms with Gasteiger partial charge in [-0.2, -0.15) is 0 Å². The summed E-state index contributed by atoms with van der Waals surface area (Å²) in [5.74, 6) is 0. The van der Waals surface area contributed by atoms with Gasteiger partial charge in [-0.25, -0.2) is 0 Å². The lowest BCUT2D eigenvalue weighted by Gasteiger charge is -2.35. The van der Waals surface area contributed by atoms with Gasteiger partial charge in [0.25, 0.3) is 0 Å². The first-order valence-electron chi connectivity index (χ1n) is 6.58. The molecule has 2 fully saturated rings. The molecule has 1 heterocycles. The van der Waals surface area contributed by atoms with Gasteiger partial charge in [-0.1, -0.05) is 19.3 Å². The van der Waals surface area contributed by atoms with E-state index in [0.717, 1.165) is 6.54 Å². The van der Waals surface area contributed by atoms with Crippen molar-refractivity contribution in [2.45, 2.75) is 76.5 Å². The van der Waals surface area contributed by atoms with Gasteiger partial charge in [0.2, 0.25) is 0 Å². The van der Waals surface area contributed by atoms with Crippen molar-refractivity contribution in [3.05, 3.63) is 0 Å². The van der Waals surface area contributed by atoms with Gasteiger partial charge in [0.1, 0.15) is 0 Å². The summed E-state index contributed by atoms with van der Waals surface area (Å²) < 4.78 is 5.83. The van der Waals surface area contributed by atoms with E-state index in [1.165, 1.54) is 44.9 Å². The maximum Gasteiger partial charge on any atom is 0.0704 e. The van der Waals surface area contributed by atoms with Gasteiger partial charge in [0.05, 0.1) is 12.2 Å². The number of nitrogens with one attached hydrogen (secondary N) is 1. The average Bonchev–Trinajstić information content (AvgIpc) is 2.63. The van der Waals surface area contributed by atoms with Crippen LogP contribution in [0.5, 0.6) is 0 Å². The molecule has 0 radical (unpaired) electrons. The lowest BCUT2D eigenvalue weighted by Crippen LogP contribution is -2.47. The van der Waals surface area contributed by atoms with Gasteiger partial charge in [-0.05, 0) is 39.5 Å². The van der Waals surface area contributed by atoms with Crippen LogP contribution < -0.4 is 5.32 Å². The quantitative estimate of drug-likeness (QED) is 0.775. The second kappa shape index (κ2) is 4.84. The molecular formula is C13H25NO. The molecule has 0 aromatic rings. The Kier molecular flexibility index (Phi) is 3.68. The molecule has 2 aliphatic rings. The molecule has 0 bridgehead atoms. The molecule has 2 unspecified atom stereocenters. The summed E-state index contributed by atoms with van der Waals surface area (Å²) in [5, 5.41) is 3.74. The highest BCUT2D eigenvalue weighted by atomic mass is 16.5. The van der Waals surface area contributed by atoms with Crippen LogP contribution in [-0.2, 0) is 4.74 Å². The van der Waals surface area contributed by atoms with Crippen LogP contribution in [0.1, 0.15) is 58.8 Å². The van der Waals surface area contributed by atoms with Gasteiger partial charge in [0.15, 0.2) is 0 Å². The maximum absolute atomic E-state index is 5.83. The van der Waals surface area contributed by atoms with E-state index in [1.54, 1.807) is 0 Å². The summed E-state index contributed by atoms with van der Waals surface area (Å²) in [6, 6.07) is 0. The van der Waals surface area contributed by atoms with Gasteiger partial charge >= 0.3 is 0 Å². The minimum absolute atomic E-state index is 0.396. The lowest BCUT2D eigenvalue weighted by molar-refractivity contribution is 0.0488. The molecule has 0 aromatic heterocycles. The standard InChI is InChI=1S/C13H25NO/c1-11-6-7-12(15-11)10-14-13(2)8-4-3-5-9-13/h11-12,14H,3-10H2,1-2H3. The Morgan fingerprint density at radius 1 is 1.20 bits per heavy atom. The Morgan fingerprint density at radius 2 is 1.93 bits per heavy atom. The van der Waals surface area contributed by atoms with E-state index >= 15 is 0 Å². The molecule has 2 nitrogen and oxygen atoms in total. The zero-order valence-electron chi connectivity index (χ0n) is 10.2. The highest BCUT2D eigenvalue weighted by Gasteiger charge is 2.28. The number of rotatable bonds is 3. The SMILES string of the molecule is CC1CCC(CNC2(C)CCCCC2)O1. The summed E-state index contributed by atoms with van der Waals surface area (Å²) in [7, 11) is 0. The Bertz CT molecular complexity index is 199. The predicted octanol–water partition coefficient (Wildman–Crippen LogP) is 2.87. The summed E-state index contributed by atoms with van der Waals surface area (Å²) in [4.78, 5) is 0. The molecule has 1 N–H and O–H groups in total. The monoisotopic (exact) mass is 211 g/mol. The molecule has 2 rings (SSSR count). The molecule has 0 spiro atoms. The second-order valence-corrected chi connectivity index (χ2v) is 5.65. The van der Waals surface area contributed by atoms with E-state index in [4.69, 9.17) is 4.74 Å². The molecule has 1 saturated heterocycles. The zero-order chi connectivity index (χ0) is 10.7. The van der Waals surface area contributed by atoms with Crippen LogP contribution in [0.2, 0.25) is 0 Å². The third-order valence-corrected chi connectivity index (χ3v) is 4.03. The van der Waals surface area contributed by atoms with Crippen LogP contribution in [0.25, 0.3) is 0 Å². The van der Waals surface area contributed by atoms with Gasteiger partial charge in [-0.3, -0.25) is 0 Å². The highest BCUT2D eigenvalue weighted by molar-refractivity contribution is 4.87. The minimum Gasteiger partial charge on any atom is -0.374 e. The topological polar surface area (TPSA) is 21.3 Å². The fourth-order valence-electron chi connectivity index (χ4n) is 2.90. The molecule has 1 aliphatic heterocycles. The van der Waals surface area contributed by atoms with Crippen molar-refractivity contribution in [3.63, 3.8) is 0 Å². The first-order valence-corrected chi connectivity index (χ1v) is 6.58. The van der Waals surface area contributed by atoms with Gasteiger partial charge in [0, 0.05) is 12.1 Å². The molecular weight excluding hydrogens is 186 g/mol. The number of hydrogen-bond donors (Lipinski definition) is 1. The highest BCUT2D eigenvalue weighted by Crippen LogP contribution is 2.28. The molecule has 0 aromatic carbocycles. The van der Waals surface area contributed by atoms with Gasteiger partial charge < -0.3 is 10.1 Å². The van der Waals surface area contributed by atoms with Crippen molar-refractivity contribution in [2.24, 2.45) is 0 Å². The predicted molar refractivity (Wildman–Crippen MR) is 63.1 cm³/mol. The first kappa shape index (κ1) is 11.4. The summed E-state index contributed by atoms with van der Waals surface area (Å²) >= 11 is 0. The Labute approximate surface area is 93.8 Å². The van der Waals surface area contributed by atoms with Crippen LogP contribution in [0.15, 0.2) is 0 Å². The molecule has 15 heavy (non-hydrogen) atoms. The molecule has 0 amide bonds. The fourth-order valence-corrected chi connectivity index (χ4v) is 2.90. The Balaban J connectivity index is 1.72. The first-order chi connectivity index (χ1) is 7.18. The molecule has 1 saturated carbocycles. The molecule has 1 aliphatic carbocycles. The van der Waals surface area contributed by atoms with Crippen molar-refractivity contribution >= 4 is 0 Å². The van der Waals surface area contributed by atoms with Crippen molar-refractivity contribution < 1.29 is 4.74 Å². The van der Waals surface area contributed by atoms with Crippen molar-refractivity contribution in [2.75, 3.05) is 6.54 Å². The third-order valence-electron chi connectivity index (χ3n) is 4.03. The van der Waals surface area contributed by atoms with Crippen molar-refractivity contribution in [3.8, 4) is 0 Å². The van der Waals surface area contributed by atoms with Crippen LogP contribution in [0.3, 0.4) is 0 Å². The second-order valence-electron chi connectivity index (χ2n) is 5.65. The summed E-state index contributed by atoms with van der Waals surface area (Å²) in [6.07, 6.45) is 10.3. The third kappa shape index (κ3) is 3.18. The Hall–Kier alpha value is -0.0800. The smallest absolute Gasteiger partial charge is 0.0704 e. The van der Waals surface area contributed by atoms with E-state index in [2.05, 4.69) is 19.2 Å².